The molecule has 0 aliphatic carbocycles. The Morgan fingerprint density at radius 1 is 1.25 bits per heavy atom. The first kappa shape index (κ1) is 25.6. The average molecular weight is 493 g/mol. The fourth-order valence-corrected chi connectivity index (χ4v) is 5.09. The van der Waals surface area contributed by atoms with E-state index in [0.717, 1.165) is 36.2 Å². The molecule has 1 aliphatic rings. The zero-order valence-electron chi connectivity index (χ0n) is 20.9. The van der Waals surface area contributed by atoms with Gasteiger partial charge >= 0.3 is 5.97 Å². The van der Waals surface area contributed by atoms with Gasteiger partial charge in [0.05, 0.1) is 19.2 Å². The highest BCUT2D eigenvalue weighted by Crippen LogP contribution is 2.36. The number of pyridine rings is 1. The summed E-state index contributed by atoms with van der Waals surface area (Å²) in [7, 11) is 3.51. The Labute approximate surface area is 211 Å². The summed E-state index contributed by atoms with van der Waals surface area (Å²) in [6.07, 6.45) is 6.85. The standard InChI is InChI=1S/C28H33FN4O3/c1-32-17-14-31-27(32)4-3-15-33-16-12-20(21(19-33)6-10-28(34)35)5-8-25(29)23-11-13-30-26-9-7-22(36-2)18-24(23)26/h7,9,11,13-14,17-18,20-21,25H,5-6,8,10,12,15-16,19H2,1-2H3,(H,34,35)/t20-,21-,25-/m1/s1. The van der Waals surface area contributed by atoms with E-state index < -0.39 is 12.1 Å². The van der Waals surface area contributed by atoms with Gasteiger partial charge in [0.15, 0.2) is 5.82 Å². The van der Waals surface area contributed by atoms with E-state index in [1.54, 1.807) is 25.6 Å². The molecule has 3 atom stereocenters. The van der Waals surface area contributed by atoms with Crippen LogP contribution in [0, 0.1) is 23.7 Å². The van der Waals surface area contributed by atoms with E-state index in [0.29, 0.717) is 37.1 Å². The first-order chi connectivity index (χ1) is 17.4. The highest BCUT2D eigenvalue weighted by molar-refractivity contribution is 5.83. The summed E-state index contributed by atoms with van der Waals surface area (Å²) in [6, 6.07) is 7.26. The number of carboxylic acids is 1. The number of nitrogens with zero attached hydrogens (tertiary/aromatic N) is 4. The van der Waals surface area contributed by atoms with Crippen molar-refractivity contribution in [1.29, 1.82) is 0 Å². The lowest BCUT2D eigenvalue weighted by molar-refractivity contribution is -0.137. The average Bonchev–Trinajstić information content (AvgIpc) is 3.30. The number of imidazole rings is 1. The largest absolute Gasteiger partial charge is 0.497 e. The van der Waals surface area contributed by atoms with Crippen LogP contribution in [0.5, 0.6) is 5.75 Å². The molecule has 3 heterocycles. The number of aliphatic carboxylic acids is 1. The van der Waals surface area contributed by atoms with Crippen LogP contribution in [0.4, 0.5) is 4.39 Å². The number of ether oxygens (including phenoxy) is 1. The molecule has 1 fully saturated rings. The van der Waals surface area contributed by atoms with Gasteiger partial charge in [-0.05, 0) is 79.8 Å². The van der Waals surface area contributed by atoms with Gasteiger partial charge in [0.1, 0.15) is 11.9 Å². The van der Waals surface area contributed by atoms with Crippen molar-refractivity contribution in [3.05, 3.63) is 54.2 Å². The minimum Gasteiger partial charge on any atom is -0.497 e. The molecular formula is C28H33FN4O3. The molecular weight excluding hydrogens is 459 g/mol. The normalized spacial score (nSPS) is 19.0. The van der Waals surface area contributed by atoms with Gasteiger partial charge < -0.3 is 14.4 Å². The maximum Gasteiger partial charge on any atom is 0.303 e. The van der Waals surface area contributed by atoms with Crippen molar-refractivity contribution in [3.8, 4) is 17.6 Å². The number of methoxy groups -OCH3 is 1. The number of rotatable bonds is 9. The minimum atomic E-state index is -1.12. The number of likely N-dealkylation sites (tertiary alicyclic amines) is 1. The van der Waals surface area contributed by atoms with Gasteiger partial charge in [-0.25, -0.2) is 9.37 Å². The third-order valence-corrected chi connectivity index (χ3v) is 7.14. The summed E-state index contributed by atoms with van der Waals surface area (Å²) in [4.78, 5) is 22.1. The lowest BCUT2D eigenvalue weighted by Gasteiger charge is -2.38. The molecule has 1 N–H and O–H groups in total. The number of fused-ring (bicyclic) bond motifs is 1. The number of halogens is 1. The first-order valence-corrected chi connectivity index (χ1v) is 12.4. The number of alkyl halides is 1. The SMILES string of the molecule is COc1ccc2nccc([C@H](F)CC[C@@H]3CCN(CC#Cc4nccn4C)C[C@H]3CCC(=O)O)c2c1. The highest BCUT2D eigenvalue weighted by Gasteiger charge is 2.30. The fourth-order valence-electron chi connectivity index (χ4n) is 5.09. The molecule has 0 bridgehead atoms. The third-order valence-electron chi connectivity index (χ3n) is 7.14. The molecule has 0 saturated carbocycles. The maximum absolute atomic E-state index is 15.5. The Hall–Kier alpha value is -3.44. The lowest BCUT2D eigenvalue weighted by Crippen LogP contribution is -2.41. The quantitative estimate of drug-likeness (QED) is 0.439. The molecule has 1 aliphatic heterocycles. The second-order valence-electron chi connectivity index (χ2n) is 9.47. The van der Waals surface area contributed by atoms with Gasteiger partial charge in [0.2, 0.25) is 0 Å². The minimum absolute atomic E-state index is 0.127. The number of hydrogen-bond donors (Lipinski definition) is 1. The van der Waals surface area contributed by atoms with Crippen molar-refractivity contribution in [2.75, 3.05) is 26.7 Å². The predicted octanol–water partition coefficient (Wildman–Crippen LogP) is 4.62. The summed E-state index contributed by atoms with van der Waals surface area (Å²) < 4.78 is 22.7. The molecule has 36 heavy (non-hydrogen) atoms. The molecule has 0 spiro atoms. The van der Waals surface area contributed by atoms with E-state index in [1.165, 1.54) is 0 Å². The molecule has 0 radical (unpaired) electrons. The Kier molecular flexibility index (Phi) is 8.55. The zero-order valence-corrected chi connectivity index (χ0v) is 20.9. The second-order valence-corrected chi connectivity index (χ2v) is 9.47. The van der Waals surface area contributed by atoms with Crippen LogP contribution in [0.25, 0.3) is 10.9 Å². The molecule has 1 saturated heterocycles. The van der Waals surface area contributed by atoms with Gasteiger partial charge in [-0.3, -0.25) is 14.7 Å². The molecule has 2 aromatic heterocycles. The van der Waals surface area contributed by atoms with Crippen LogP contribution in [-0.2, 0) is 11.8 Å². The molecule has 3 aromatic rings. The van der Waals surface area contributed by atoms with E-state index >= 15 is 4.39 Å². The summed E-state index contributed by atoms with van der Waals surface area (Å²) >= 11 is 0. The maximum atomic E-state index is 15.5. The Morgan fingerprint density at radius 2 is 2.11 bits per heavy atom. The topological polar surface area (TPSA) is 80.5 Å². The molecule has 0 unspecified atom stereocenters. The van der Waals surface area contributed by atoms with Crippen molar-refractivity contribution >= 4 is 16.9 Å². The first-order valence-electron chi connectivity index (χ1n) is 12.4. The van der Waals surface area contributed by atoms with Crippen LogP contribution in [0.1, 0.15) is 49.7 Å². The highest BCUT2D eigenvalue weighted by atomic mass is 19.1. The number of benzene rings is 1. The second kappa shape index (κ2) is 12.0. The smallest absolute Gasteiger partial charge is 0.303 e. The monoisotopic (exact) mass is 492 g/mol. The van der Waals surface area contributed by atoms with Crippen molar-refractivity contribution in [2.45, 2.75) is 38.3 Å². The zero-order chi connectivity index (χ0) is 25.5. The van der Waals surface area contributed by atoms with Crippen molar-refractivity contribution in [2.24, 2.45) is 18.9 Å². The van der Waals surface area contributed by atoms with Gasteiger partial charge in [-0.1, -0.05) is 5.92 Å². The van der Waals surface area contributed by atoms with Crippen molar-refractivity contribution in [1.82, 2.24) is 19.4 Å². The van der Waals surface area contributed by atoms with Gasteiger partial charge in [-0.2, -0.15) is 0 Å². The summed E-state index contributed by atoms with van der Waals surface area (Å²) in [6.45, 7) is 2.26. The Morgan fingerprint density at radius 3 is 2.86 bits per heavy atom. The van der Waals surface area contributed by atoms with Crippen LogP contribution in [-0.4, -0.2) is 57.3 Å². The van der Waals surface area contributed by atoms with Crippen molar-refractivity contribution < 1.29 is 19.0 Å². The van der Waals surface area contributed by atoms with Crippen LogP contribution in [0.15, 0.2) is 42.9 Å². The number of carboxylic acid groups (broad SMARTS) is 1. The van der Waals surface area contributed by atoms with E-state index in [4.69, 9.17) is 4.74 Å². The summed E-state index contributed by atoms with van der Waals surface area (Å²) in [5, 5.41) is 10.0. The van der Waals surface area contributed by atoms with Crippen LogP contribution >= 0.6 is 0 Å². The number of piperidine rings is 1. The molecule has 1 aromatic carbocycles. The molecule has 4 rings (SSSR count). The number of carbonyl (C=O) groups is 1. The number of aryl methyl sites for hydroxylation is 1. The van der Waals surface area contributed by atoms with Crippen LogP contribution in [0.3, 0.4) is 0 Å². The van der Waals surface area contributed by atoms with E-state index in [2.05, 4.69) is 26.7 Å². The fraction of sp³-hybridized carbons (Fsp3) is 0.464. The van der Waals surface area contributed by atoms with E-state index in [-0.39, 0.29) is 18.3 Å². The molecule has 7 nitrogen and oxygen atoms in total. The third kappa shape index (κ3) is 6.41. The molecule has 8 heteroatoms. The Balaban J connectivity index is 1.40. The lowest BCUT2D eigenvalue weighted by atomic mass is 9.79. The number of hydrogen-bond acceptors (Lipinski definition) is 5. The predicted molar refractivity (Wildman–Crippen MR) is 136 cm³/mol. The van der Waals surface area contributed by atoms with Crippen molar-refractivity contribution in [3.63, 3.8) is 0 Å². The molecule has 0 amide bonds. The Bertz CT molecular complexity index is 1250. The van der Waals surface area contributed by atoms with Gasteiger partial charge in [0.25, 0.3) is 0 Å². The van der Waals surface area contributed by atoms with Gasteiger partial charge in [-0.15, -0.1) is 0 Å². The van der Waals surface area contributed by atoms with Gasteiger partial charge in [0, 0.05) is 44.0 Å². The van der Waals surface area contributed by atoms with E-state index in [9.17, 15) is 9.90 Å². The number of aromatic nitrogens is 3. The summed E-state index contributed by atoms with van der Waals surface area (Å²) in [5.74, 6) is 7.39. The van der Waals surface area contributed by atoms with Crippen LogP contribution in [0.2, 0.25) is 0 Å². The van der Waals surface area contributed by atoms with Crippen LogP contribution < -0.4 is 4.74 Å². The summed E-state index contributed by atoms with van der Waals surface area (Å²) in [5.41, 5.74) is 1.37. The van der Waals surface area contributed by atoms with E-state index in [1.807, 2.05) is 36.0 Å². The molecule has 190 valence electrons.